The number of benzene rings is 1. The molecule has 6 atom stereocenters. The van der Waals surface area contributed by atoms with Gasteiger partial charge in [0.25, 0.3) is 0 Å². The fraction of sp³-hybridized carbons (Fsp3) is 0.755. The minimum atomic E-state index is -1.40. The number of ketones is 2. The number of rotatable bonds is 21. The molecule has 1 aromatic rings. The minimum absolute atomic E-state index is 0.0124. The highest BCUT2D eigenvalue weighted by molar-refractivity contribution is 5.99. The Balaban J connectivity index is 2.00. The standard InChI is InChI=1S/C53H86N4O8/c1-15-40(50(5,6)7)54-47(62)44(53(28-22-23-29-53)49(64)65-33-37-26-20-17-21-27-37)56-45(60)38(32-41(59)51(8,9)10)31-39(58)43(52(11,12)13)55-46(61)42(34(2)3)57(14)48(63)35(4)30-36-24-18-16-19-25-36/h17,20-21,26-27,34-36,38,40,42-44H,15-16,18-19,22-25,28-33H2,1-14H3,(H,54,62)(H,55,61)(H,56,60)/t35-,38+,40-,42+,43-,44-/m1/s1. The van der Waals surface area contributed by atoms with Crippen molar-refractivity contribution in [2.45, 2.75) is 204 Å². The first kappa shape index (κ1) is 55.2. The average Bonchev–Trinajstić information content (AvgIpc) is 3.72. The van der Waals surface area contributed by atoms with Crippen LogP contribution in [-0.2, 0) is 44.9 Å². The normalized spacial score (nSPS) is 18.6. The van der Waals surface area contributed by atoms with E-state index < -0.39 is 76.2 Å². The summed E-state index contributed by atoms with van der Waals surface area (Å²) in [6, 6.07) is 5.63. The van der Waals surface area contributed by atoms with Gasteiger partial charge in [0.05, 0.1) is 17.4 Å². The molecule has 2 aliphatic rings. The quantitative estimate of drug-likeness (QED) is 0.103. The van der Waals surface area contributed by atoms with E-state index in [1.807, 2.05) is 99.6 Å². The Kier molecular flexibility index (Phi) is 20.0. The molecule has 0 aliphatic heterocycles. The van der Waals surface area contributed by atoms with Crippen molar-refractivity contribution in [1.29, 1.82) is 0 Å². The van der Waals surface area contributed by atoms with E-state index in [-0.39, 0.29) is 48.0 Å². The number of esters is 1. The second kappa shape index (κ2) is 23.6. The van der Waals surface area contributed by atoms with Crippen molar-refractivity contribution in [3.8, 4) is 0 Å². The van der Waals surface area contributed by atoms with E-state index in [9.17, 15) is 33.6 Å². The van der Waals surface area contributed by atoms with Gasteiger partial charge in [-0.15, -0.1) is 0 Å². The van der Waals surface area contributed by atoms with Gasteiger partial charge in [-0.25, -0.2) is 0 Å². The maximum absolute atomic E-state index is 14.9. The van der Waals surface area contributed by atoms with Gasteiger partial charge in [0.1, 0.15) is 24.5 Å². The Bertz CT molecular complexity index is 1780. The van der Waals surface area contributed by atoms with Gasteiger partial charge in [-0.3, -0.25) is 33.6 Å². The molecular weight excluding hydrogens is 821 g/mol. The molecule has 1 aromatic carbocycles. The fourth-order valence-corrected chi connectivity index (χ4v) is 9.97. The first-order valence-electron chi connectivity index (χ1n) is 24.6. The van der Waals surface area contributed by atoms with Gasteiger partial charge in [-0.2, -0.15) is 0 Å². The molecule has 2 aliphatic carbocycles. The van der Waals surface area contributed by atoms with Gasteiger partial charge in [0, 0.05) is 37.3 Å². The zero-order valence-electron chi connectivity index (χ0n) is 42.6. The lowest BCUT2D eigenvalue weighted by molar-refractivity contribution is -0.162. The number of likely N-dealkylation sites (N-methyl/N-ethyl adjacent to an activating group) is 1. The highest BCUT2D eigenvalue weighted by Gasteiger charge is 2.54. The topological polar surface area (TPSA) is 168 Å². The van der Waals surface area contributed by atoms with Crippen LogP contribution in [-0.4, -0.2) is 77.3 Å². The Morgan fingerprint density at radius 3 is 1.83 bits per heavy atom. The highest BCUT2D eigenvalue weighted by Crippen LogP contribution is 2.43. The molecule has 0 saturated heterocycles. The van der Waals surface area contributed by atoms with Crippen LogP contribution >= 0.6 is 0 Å². The Morgan fingerprint density at radius 2 is 1.32 bits per heavy atom. The lowest BCUT2D eigenvalue weighted by Crippen LogP contribution is -2.62. The van der Waals surface area contributed by atoms with Crippen molar-refractivity contribution in [2.75, 3.05) is 7.05 Å². The third-order valence-corrected chi connectivity index (χ3v) is 14.0. The van der Waals surface area contributed by atoms with Crippen LogP contribution in [0.1, 0.15) is 179 Å². The molecule has 12 nitrogen and oxygen atoms in total. The summed E-state index contributed by atoms with van der Waals surface area (Å²) < 4.78 is 5.94. The SMILES string of the molecule is CC[C@@H](NC(=O)[C@@H](NC(=O)[C@@H](CC(=O)[C@@H](NC(=O)[C@H](C(C)C)N(C)C(=O)[C@H](C)CC1CCCCC1)C(C)(C)C)CC(=O)C(C)(C)C)C1(C(=O)OCc2ccccc2)CCCC1)C(C)(C)C. The number of ether oxygens (including phenoxy) is 1. The molecule has 0 spiro atoms. The smallest absolute Gasteiger partial charge is 0.315 e. The van der Waals surface area contributed by atoms with Gasteiger partial charge in [-0.1, -0.05) is 165 Å². The van der Waals surface area contributed by atoms with E-state index in [1.165, 1.54) is 24.2 Å². The molecule has 0 radical (unpaired) electrons. The van der Waals surface area contributed by atoms with Crippen molar-refractivity contribution in [3.63, 3.8) is 0 Å². The van der Waals surface area contributed by atoms with Crippen molar-refractivity contribution >= 4 is 41.2 Å². The summed E-state index contributed by atoms with van der Waals surface area (Å²) in [6.07, 6.45) is 8.26. The van der Waals surface area contributed by atoms with E-state index in [2.05, 4.69) is 16.0 Å². The number of carbonyl (C=O) groups excluding carboxylic acids is 7. The van der Waals surface area contributed by atoms with E-state index >= 15 is 0 Å². The van der Waals surface area contributed by atoms with Crippen LogP contribution in [0.25, 0.3) is 0 Å². The molecule has 12 heteroatoms. The highest BCUT2D eigenvalue weighted by atomic mass is 16.5. The van der Waals surface area contributed by atoms with E-state index in [0.717, 1.165) is 24.8 Å². The Labute approximate surface area is 391 Å². The van der Waals surface area contributed by atoms with Crippen molar-refractivity contribution in [2.24, 2.45) is 45.3 Å². The van der Waals surface area contributed by atoms with Crippen LogP contribution in [0, 0.1) is 45.3 Å². The Hall–Kier alpha value is -4.09. The second-order valence-electron chi connectivity index (χ2n) is 23.0. The zero-order valence-corrected chi connectivity index (χ0v) is 42.6. The van der Waals surface area contributed by atoms with Crippen molar-refractivity contribution < 1.29 is 38.3 Å². The van der Waals surface area contributed by atoms with Crippen LogP contribution in [0.4, 0.5) is 0 Å². The first-order valence-corrected chi connectivity index (χ1v) is 24.6. The zero-order chi connectivity index (χ0) is 49.1. The second-order valence-corrected chi connectivity index (χ2v) is 23.0. The number of hydrogen-bond donors (Lipinski definition) is 3. The summed E-state index contributed by atoms with van der Waals surface area (Å²) in [5.41, 5.74) is -2.67. The summed E-state index contributed by atoms with van der Waals surface area (Å²) in [6.45, 7) is 24.4. The molecule has 0 aromatic heterocycles. The summed E-state index contributed by atoms with van der Waals surface area (Å²) >= 11 is 0. The number of nitrogens with one attached hydrogen (secondary N) is 3. The van der Waals surface area contributed by atoms with Gasteiger partial charge in [0.15, 0.2) is 5.78 Å². The number of Topliss-reactive ketones (excluding diaryl/α,β-unsaturated/α-hetero) is 2. The molecule has 0 bridgehead atoms. The molecule has 65 heavy (non-hydrogen) atoms. The molecule has 0 unspecified atom stereocenters. The van der Waals surface area contributed by atoms with Crippen molar-refractivity contribution in [1.82, 2.24) is 20.9 Å². The van der Waals surface area contributed by atoms with Crippen LogP contribution in [0.5, 0.6) is 0 Å². The van der Waals surface area contributed by atoms with E-state index in [0.29, 0.717) is 38.0 Å². The molecule has 0 heterocycles. The van der Waals surface area contributed by atoms with Crippen LogP contribution < -0.4 is 16.0 Å². The molecular formula is C53H86N4O8. The van der Waals surface area contributed by atoms with Gasteiger partial charge in [0.2, 0.25) is 23.6 Å². The van der Waals surface area contributed by atoms with E-state index in [1.54, 1.807) is 27.8 Å². The molecule has 2 fully saturated rings. The number of amides is 4. The Morgan fingerprint density at radius 1 is 0.738 bits per heavy atom. The van der Waals surface area contributed by atoms with Crippen LogP contribution in [0.2, 0.25) is 0 Å². The van der Waals surface area contributed by atoms with Gasteiger partial charge in [-0.05, 0) is 53.9 Å². The van der Waals surface area contributed by atoms with E-state index in [4.69, 9.17) is 4.74 Å². The molecule has 2 saturated carbocycles. The largest absolute Gasteiger partial charge is 0.460 e. The van der Waals surface area contributed by atoms with Crippen LogP contribution in [0.15, 0.2) is 30.3 Å². The maximum Gasteiger partial charge on any atom is 0.315 e. The predicted molar refractivity (Wildman–Crippen MR) is 256 cm³/mol. The number of hydrogen-bond acceptors (Lipinski definition) is 8. The fourth-order valence-electron chi connectivity index (χ4n) is 9.97. The summed E-state index contributed by atoms with van der Waals surface area (Å²) in [4.78, 5) is 102. The first-order chi connectivity index (χ1) is 30.1. The summed E-state index contributed by atoms with van der Waals surface area (Å²) in [5.74, 6) is -4.44. The maximum atomic E-state index is 14.9. The lowest BCUT2D eigenvalue weighted by Gasteiger charge is -2.39. The summed E-state index contributed by atoms with van der Waals surface area (Å²) in [7, 11) is 1.65. The molecule has 3 N–H and O–H groups in total. The molecule has 366 valence electrons. The van der Waals surface area contributed by atoms with Gasteiger partial charge >= 0.3 is 5.97 Å². The predicted octanol–water partition coefficient (Wildman–Crippen LogP) is 8.92. The molecule has 4 amide bonds. The third kappa shape index (κ3) is 15.5. The summed E-state index contributed by atoms with van der Waals surface area (Å²) in [5, 5.41) is 9.08. The number of carbonyl (C=O) groups is 7. The third-order valence-electron chi connectivity index (χ3n) is 14.0. The average molecular weight is 907 g/mol. The van der Waals surface area contributed by atoms with Crippen molar-refractivity contribution in [3.05, 3.63) is 35.9 Å². The van der Waals surface area contributed by atoms with Gasteiger partial charge < -0.3 is 25.6 Å². The monoisotopic (exact) mass is 907 g/mol. The van der Waals surface area contributed by atoms with Crippen LogP contribution in [0.3, 0.4) is 0 Å². The lowest BCUT2D eigenvalue weighted by atomic mass is 9.76. The minimum Gasteiger partial charge on any atom is -0.460 e. The molecule has 3 rings (SSSR count). The number of nitrogens with zero attached hydrogens (tertiary/aromatic N) is 1.